The van der Waals surface area contributed by atoms with Crippen LogP contribution in [0.5, 0.6) is 0 Å². The molecule has 1 N–H and O–H groups in total. The van der Waals surface area contributed by atoms with Gasteiger partial charge in [0.15, 0.2) is 0 Å². The largest absolute Gasteiger partial charge is 0.392 e. The minimum Gasteiger partial charge on any atom is -0.392 e. The van der Waals surface area contributed by atoms with Crippen molar-refractivity contribution in [1.29, 1.82) is 0 Å². The number of rotatable bonds is 2. The lowest BCUT2D eigenvalue weighted by Crippen LogP contribution is -2.47. The smallest absolute Gasteiger partial charge is 0.147 e. The molecule has 4 nitrogen and oxygen atoms in total. The highest BCUT2D eigenvalue weighted by Crippen LogP contribution is 2.18. The van der Waals surface area contributed by atoms with E-state index in [-0.39, 0.29) is 6.10 Å². The Morgan fingerprint density at radius 1 is 1.40 bits per heavy atom. The molecule has 0 aromatic carbocycles. The Morgan fingerprint density at radius 3 is 2.93 bits per heavy atom. The maximum atomic E-state index is 9.77. The van der Waals surface area contributed by atoms with Crippen molar-refractivity contribution in [3.8, 4) is 0 Å². The molecule has 2 fully saturated rings. The normalized spacial score (nSPS) is 39.2. The van der Waals surface area contributed by atoms with Crippen LogP contribution in [0.15, 0.2) is 0 Å². The number of hydrogen-bond acceptors (Lipinski definition) is 4. The average molecular weight is 215 g/mol. The zero-order chi connectivity index (χ0) is 10.7. The molecule has 2 aliphatic rings. The number of likely N-dealkylation sites (tertiary alicyclic amines) is 1. The summed E-state index contributed by atoms with van der Waals surface area (Å²) in [5, 5.41) is 9.77. The molecule has 0 aromatic rings. The molecule has 0 aromatic heterocycles. The van der Waals surface area contributed by atoms with Crippen LogP contribution in [0, 0.1) is 5.92 Å². The van der Waals surface area contributed by atoms with E-state index in [1.807, 2.05) is 0 Å². The number of ether oxygens (including phenoxy) is 2. The monoisotopic (exact) mass is 215 g/mol. The summed E-state index contributed by atoms with van der Waals surface area (Å²) < 4.78 is 10.6. The number of β-amino-alcohol motifs (C(OH)–C–C–N with tert-alkyl or cyclic N) is 1. The summed E-state index contributed by atoms with van der Waals surface area (Å²) >= 11 is 0. The lowest BCUT2D eigenvalue weighted by Gasteiger charge is -2.36. The Labute approximate surface area is 91.2 Å². The zero-order valence-electron chi connectivity index (χ0n) is 9.39. The summed E-state index contributed by atoms with van der Waals surface area (Å²) in [4.78, 5) is 2.31. The Morgan fingerprint density at radius 2 is 2.27 bits per heavy atom. The Kier molecular flexibility index (Phi) is 3.97. The first-order valence-electron chi connectivity index (χ1n) is 5.85. The third kappa shape index (κ3) is 3.14. The summed E-state index contributed by atoms with van der Waals surface area (Å²) in [7, 11) is 0. The summed E-state index contributed by atoms with van der Waals surface area (Å²) in [5.41, 5.74) is 0. The van der Waals surface area contributed by atoms with Crippen LogP contribution < -0.4 is 0 Å². The lowest BCUT2D eigenvalue weighted by molar-refractivity contribution is -0.147. The second kappa shape index (κ2) is 5.25. The lowest BCUT2D eigenvalue weighted by atomic mass is 9.96. The van der Waals surface area contributed by atoms with Crippen molar-refractivity contribution in [1.82, 2.24) is 4.90 Å². The first-order valence-corrected chi connectivity index (χ1v) is 5.85. The van der Waals surface area contributed by atoms with Crippen LogP contribution >= 0.6 is 0 Å². The highest BCUT2D eigenvalue weighted by molar-refractivity contribution is 4.79. The number of aliphatic hydroxyl groups is 1. The fourth-order valence-electron chi connectivity index (χ4n) is 2.21. The second-order valence-corrected chi connectivity index (χ2v) is 4.70. The van der Waals surface area contributed by atoms with Gasteiger partial charge in [0.1, 0.15) is 6.79 Å². The van der Waals surface area contributed by atoms with E-state index in [0.29, 0.717) is 18.8 Å². The van der Waals surface area contributed by atoms with Crippen LogP contribution in [-0.2, 0) is 9.47 Å². The fraction of sp³-hybridized carbons (Fsp3) is 1.00. The maximum absolute atomic E-state index is 9.77. The van der Waals surface area contributed by atoms with Crippen molar-refractivity contribution in [2.75, 3.05) is 33.0 Å². The topological polar surface area (TPSA) is 41.9 Å². The van der Waals surface area contributed by atoms with Crippen LogP contribution in [0.2, 0.25) is 0 Å². The van der Waals surface area contributed by atoms with Gasteiger partial charge in [-0.25, -0.2) is 0 Å². The molecule has 2 rings (SSSR count). The number of piperidine rings is 1. The highest BCUT2D eigenvalue weighted by Gasteiger charge is 2.26. The van der Waals surface area contributed by atoms with Gasteiger partial charge in [0.2, 0.25) is 0 Å². The first-order chi connectivity index (χ1) is 7.25. The SMILES string of the molecule is CC1CCN(CC2CCOCO2)CC1O. The standard InChI is InChI=1S/C11H21NO3/c1-9-2-4-12(7-11(9)13)6-10-3-5-14-8-15-10/h9-11,13H,2-8H2,1H3. The third-order valence-electron chi connectivity index (χ3n) is 3.44. The first kappa shape index (κ1) is 11.3. The van der Waals surface area contributed by atoms with Crippen LogP contribution in [0.25, 0.3) is 0 Å². The molecule has 3 atom stereocenters. The molecule has 2 heterocycles. The number of aliphatic hydroxyl groups excluding tert-OH is 1. The molecule has 3 unspecified atom stereocenters. The molecule has 0 radical (unpaired) electrons. The summed E-state index contributed by atoms with van der Waals surface area (Å²) in [6, 6.07) is 0. The Bertz CT molecular complexity index is 194. The van der Waals surface area contributed by atoms with E-state index in [0.717, 1.165) is 39.1 Å². The summed E-state index contributed by atoms with van der Waals surface area (Å²) in [5.74, 6) is 0.442. The van der Waals surface area contributed by atoms with Crippen molar-refractivity contribution in [2.24, 2.45) is 5.92 Å². The van der Waals surface area contributed by atoms with Gasteiger partial charge in [0, 0.05) is 13.1 Å². The molecule has 4 heteroatoms. The Balaban J connectivity index is 1.74. The van der Waals surface area contributed by atoms with Crippen molar-refractivity contribution in [2.45, 2.75) is 32.0 Å². The van der Waals surface area contributed by atoms with Gasteiger partial charge in [-0.05, 0) is 25.3 Å². The van der Waals surface area contributed by atoms with Crippen LogP contribution in [-0.4, -0.2) is 55.2 Å². The van der Waals surface area contributed by atoms with Gasteiger partial charge in [-0.2, -0.15) is 0 Å². The van der Waals surface area contributed by atoms with Gasteiger partial charge >= 0.3 is 0 Å². The average Bonchev–Trinajstić information content (AvgIpc) is 2.25. The van der Waals surface area contributed by atoms with E-state index in [9.17, 15) is 5.11 Å². The van der Waals surface area contributed by atoms with Gasteiger partial charge in [-0.15, -0.1) is 0 Å². The molecular weight excluding hydrogens is 194 g/mol. The Hall–Kier alpha value is -0.160. The number of hydrogen-bond donors (Lipinski definition) is 1. The van der Waals surface area contributed by atoms with E-state index in [4.69, 9.17) is 9.47 Å². The van der Waals surface area contributed by atoms with E-state index < -0.39 is 0 Å². The highest BCUT2D eigenvalue weighted by atomic mass is 16.7. The van der Waals surface area contributed by atoms with Gasteiger partial charge in [-0.3, -0.25) is 4.90 Å². The van der Waals surface area contributed by atoms with Gasteiger partial charge in [0.05, 0.1) is 18.8 Å². The van der Waals surface area contributed by atoms with Crippen molar-refractivity contribution in [3.05, 3.63) is 0 Å². The predicted octanol–water partition coefficient (Wildman–Crippen LogP) is 0.452. The van der Waals surface area contributed by atoms with Gasteiger partial charge in [-0.1, -0.05) is 6.92 Å². The molecule has 0 aliphatic carbocycles. The molecule has 0 saturated carbocycles. The van der Waals surface area contributed by atoms with E-state index in [1.54, 1.807) is 0 Å². The maximum Gasteiger partial charge on any atom is 0.147 e. The van der Waals surface area contributed by atoms with Crippen molar-refractivity contribution >= 4 is 0 Å². The minimum atomic E-state index is -0.168. The molecule has 15 heavy (non-hydrogen) atoms. The number of nitrogens with zero attached hydrogens (tertiary/aromatic N) is 1. The minimum absolute atomic E-state index is 0.168. The van der Waals surface area contributed by atoms with Gasteiger partial charge < -0.3 is 14.6 Å². The van der Waals surface area contributed by atoms with Crippen molar-refractivity contribution < 1.29 is 14.6 Å². The zero-order valence-corrected chi connectivity index (χ0v) is 9.39. The molecular formula is C11H21NO3. The fourth-order valence-corrected chi connectivity index (χ4v) is 2.21. The van der Waals surface area contributed by atoms with Crippen LogP contribution in [0.1, 0.15) is 19.8 Å². The van der Waals surface area contributed by atoms with E-state index in [1.165, 1.54) is 0 Å². The molecule has 2 aliphatic heterocycles. The molecule has 2 saturated heterocycles. The second-order valence-electron chi connectivity index (χ2n) is 4.70. The quantitative estimate of drug-likeness (QED) is 0.726. The molecule has 0 spiro atoms. The molecule has 88 valence electrons. The van der Waals surface area contributed by atoms with Crippen molar-refractivity contribution in [3.63, 3.8) is 0 Å². The molecule has 0 amide bonds. The third-order valence-corrected chi connectivity index (χ3v) is 3.44. The van der Waals surface area contributed by atoms with E-state index >= 15 is 0 Å². The van der Waals surface area contributed by atoms with E-state index in [2.05, 4.69) is 11.8 Å². The molecule has 0 bridgehead atoms. The summed E-state index contributed by atoms with van der Waals surface area (Å²) in [6.45, 7) is 6.16. The van der Waals surface area contributed by atoms with Crippen LogP contribution in [0.4, 0.5) is 0 Å². The predicted molar refractivity (Wildman–Crippen MR) is 56.5 cm³/mol. The van der Waals surface area contributed by atoms with Crippen LogP contribution in [0.3, 0.4) is 0 Å². The summed E-state index contributed by atoms with van der Waals surface area (Å²) in [6.07, 6.45) is 2.19. The van der Waals surface area contributed by atoms with Gasteiger partial charge in [0.25, 0.3) is 0 Å².